The second-order valence-corrected chi connectivity index (χ2v) is 4.36. The van der Waals surface area contributed by atoms with Crippen LogP contribution in [0.4, 0.5) is 11.4 Å². The minimum Gasteiger partial charge on any atom is -1.00 e. The minimum atomic E-state index is -0.497. The predicted octanol–water partition coefficient (Wildman–Crippen LogP) is -1.26. The van der Waals surface area contributed by atoms with Gasteiger partial charge < -0.3 is 24.0 Å². The summed E-state index contributed by atoms with van der Waals surface area (Å²) in [7, 11) is 1.80. The zero-order valence-electron chi connectivity index (χ0n) is 10.8. The molecule has 0 aliphatic heterocycles. The average molecular weight is 400 g/mol. The molecule has 0 amide bonds. The molecular formula is C12H9IN4O4. The van der Waals surface area contributed by atoms with E-state index in [0.29, 0.717) is 11.2 Å². The van der Waals surface area contributed by atoms with Gasteiger partial charge in [0.1, 0.15) is 0 Å². The molecule has 0 N–H and O–H groups in total. The van der Waals surface area contributed by atoms with Gasteiger partial charge in [-0.25, -0.2) is 4.57 Å². The number of aryl methyl sites for hydroxylation is 1. The summed E-state index contributed by atoms with van der Waals surface area (Å²) in [4.78, 5) is 20.7. The van der Waals surface area contributed by atoms with Crippen LogP contribution >= 0.6 is 0 Å². The van der Waals surface area contributed by atoms with Crippen molar-refractivity contribution in [2.24, 2.45) is 7.05 Å². The number of benzene rings is 1. The Morgan fingerprint density at radius 1 is 1.05 bits per heavy atom. The maximum Gasteiger partial charge on any atom is 0.308 e. The van der Waals surface area contributed by atoms with Crippen molar-refractivity contribution in [1.82, 2.24) is 4.40 Å². The molecule has 0 atom stereocenters. The highest BCUT2D eigenvalue weighted by Crippen LogP contribution is 2.22. The number of nitro benzene ring substituents is 1. The van der Waals surface area contributed by atoms with Crippen LogP contribution < -0.4 is 28.5 Å². The quantitative estimate of drug-likeness (QED) is 0.232. The summed E-state index contributed by atoms with van der Waals surface area (Å²) in [5.74, 6) is 0. The van der Waals surface area contributed by atoms with E-state index in [2.05, 4.69) is 0 Å². The number of nitrogens with zero attached hydrogens (tertiary/aromatic N) is 4. The first-order valence-corrected chi connectivity index (χ1v) is 5.71. The van der Waals surface area contributed by atoms with Gasteiger partial charge in [0, 0.05) is 18.2 Å². The van der Waals surface area contributed by atoms with E-state index in [9.17, 15) is 20.2 Å². The lowest BCUT2D eigenvalue weighted by Crippen LogP contribution is -3.00. The molecule has 3 rings (SSSR count). The van der Waals surface area contributed by atoms with Crippen LogP contribution in [0.15, 0.2) is 36.5 Å². The zero-order chi connectivity index (χ0) is 14.4. The Kier molecular flexibility index (Phi) is 3.77. The second-order valence-electron chi connectivity index (χ2n) is 4.36. The molecule has 0 unspecified atom stereocenters. The molecule has 8 nitrogen and oxygen atoms in total. The molecule has 0 bridgehead atoms. The van der Waals surface area contributed by atoms with Crippen LogP contribution in [0.1, 0.15) is 0 Å². The molecule has 0 aliphatic rings. The molecule has 0 aliphatic carbocycles. The Hall–Kier alpha value is -2.30. The molecule has 0 spiro atoms. The molecule has 0 saturated heterocycles. The molecule has 21 heavy (non-hydrogen) atoms. The van der Waals surface area contributed by atoms with Crippen LogP contribution in [0.25, 0.3) is 16.7 Å². The highest BCUT2D eigenvalue weighted by Gasteiger charge is 2.21. The third-order valence-corrected chi connectivity index (χ3v) is 3.26. The molecular weight excluding hydrogens is 391 g/mol. The third kappa shape index (κ3) is 2.28. The van der Waals surface area contributed by atoms with Gasteiger partial charge in [-0.1, -0.05) is 0 Å². The molecule has 0 radical (unpaired) electrons. The summed E-state index contributed by atoms with van der Waals surface area (Å²) >= 11 is 0. The van der Waals surface area contributed by atoms with Crippen LogP contribution in [0.5, 0.6) is 0 Å². The zero-order valence-corrected chi connectivity index (χ0v) is 12.9. The molecule has 2 heterocycles. The van der Waals surface area contributed by atoms with Crippen molar-refractivity contribution in [2.75, 3.05) is 0 Å². The number of pyridine rings is 1. The number of imidazole rings is 1. The highest BCUT2D eigenvalue weighted by atomic mass is 127. The van der Waals surface area contributed by atoms with Crippen molar-refractivity contribution >= 4 is 28.1 Å². The second kappa shape index (κ2) is 5.24. The third-order valence-electron chi connectivity index (χ3n) is 3.26. The van der Waals surface area contributed by atoms with Gasteiger partial charge in [0.05, 0.1) is 23.0 Å². The summed E-state index contributed by atoms with van der Waals surface area (Å²) in [6.45, 7) is 0. The lowest BCUT2D eigenvalue weighted by molar-refractivity contribution is -0.618. The van der Waals surface area contributed by atoms with Crippen LogP contribution in [-0.4, -0.2) is 14.2 Å². The topological polar surface area (TPSA) is 94.6 Å². The SMILES string of the molecule is C[n+]1c2ccc([N+](=O)[O-])cc2n2cc([N+](=O)[O-])ccc21.[I-]. The Morgan fingerprint density at radius 2 is 1.67 bits per heavy atom. The fourth-order valence-corrected chi connectivity index (χ4v) is 2.28. The Morgan fingerprint density at radius 3 is 2.29 bits per heavy atom. The number of rotatable bonds is 2. The molecule has 0 fully saturated rings. The van der Waals surface area contributed by atoms with Crippen LogP contribution in [0.2, 0.25) is 0 Å². The van der Waals surface area contributed by atoms with Crippen molar-refractivity contribution in [3.05, 3.63) is 56.8 Å². The summed E-state index contributed by atoms with van der Waals surface area (Å²) < 4.78 is 3.41. The summed E-state index contributed by atoms with van der Waals surface area (Å²) in [5.41, 5.74) is 1.91. The van der Waals surface area contributed by atoms with Gasteiger partial charge >= 0.3 is 5.69 Å². The molecule has 9 heteroatoms. The molecule has 2 aromatic heterocycles. The van der Waals surface area contributed by atoms with Gasteiger partial charge in [-0.15, -0.1) is 0 Å². The average Bonchev–Trinajstić information content (AvgIpc) is 2.71. The number of hydrogen-bond acceptors (Lipinski definition) is 4. The van der Waals surface area contributed by atoms with Crippen LogP contribution in [0, 0.1) is 20.2 Å². The number of nitro groups is 2. The first kappa shape index (κ1) is 15.1. The Balaban J connectivity index is 0.00000161. The van der Waals surface area contributed by atoms with Crippen molar-refractivity contribution in [3.8, 4) is 0 Å². The molecule has 0 saturated carbocycles. The van der Waals surface area contributed by atoms with Gasteiger partial charge in [0.15, 0.2) is 17.2 Å². The molecule has 1 aromatic carbocycles. The van der Waals surface area contributed by atoms with E-state index in [1.807, 2.05) is 4.57 Å². The van der Waals surface area contributed by atoms with E-state index in [-0.39, 0.29) is 35.4 Å². The Bertz CT molecular complexity index is 818. The maximum absolute atomic E-state index is 10.8. The van der Waals surface area contributed by atoms with E-state index in [1.165, 1.54) is 24.4 Å². The number of fused-ring (bicyclic) bond motifs is 3. The smallest absolute Gasteiger partial charge is 0.308 e. The maximum atomic E-state index is 10.8. The van der Waals surface area contributed by atoms with E-state index in [0.717, 1.165) is 5.52 Å². The van der Waals surface area contributed by atoms with E-state index >= 15 is 0 Å². The normalized spacial score (nSPS) is 10.5. The van der Waals surface area contributed by atoms with Gasteiger partial charge in [-0.2, -0.15) is 4.40 Å². The monoisotopic (exact) mass is 400 g/mol. The summed E-state index contributed by atoms with van der Waals surface area (Å²) in [6, 6.07) is 7.47. The number of halogens is 1. The van der Waals surface area contributed by atoms with E-state index in [1.54, 1.807) is 23.6 Å². The van der Waals surface area contributed by atoms with Crippen molar-refractivity contribution in [1.29, 1.82) is 0 Å². The van der Waals surface area contributed by atoms with Gasteiger partial charge in [0.25, 0.3) is 11.3 Å². The van der Waals surface area contributed by atoms with Crippen LogP contribution in [0.3, 0.4) is 0 Å². The largest absolute Gasteiger partial charge is 1.00 e. The van der Waals surface area contributed by atoms with Crippen molar-refractivity contribution in [3.63, 3.8) is 0 Å². The lowest BCUT2D eigenvalue weighted by atomic mass is 10.3. The lowest BCUT2D eigenvalue weighted by Gasteiger charge is -1.90. The minimum absolute atomic E-state index is 0. The first-order valence-electron chi connectivity index (χ1n) is 5.71. The van der Waals surface area contributed by atoms with Crippen molar-refractivity contribution in [2.45, 2.75) is 0 Å². The fourth-order valence-electron chi connectivity index (χ4n) is 2.28. The van der Waals surface area contributed by atoms with Crippen LogP contribution in [-0.2, 0) is 7.05 Å². The predicted molar refractivity (Wildman–Crippen MR) is 69.4 cm³/mol. The molecule has 108 valence electrons. The van der Waals surface area contributed by atoms with Gasteiger partial charge in [-0.3, -0.25) is 20.2 Å². The number of aromatic nitrogens is 2. The van der Waals surface area contributed by atoms with Crippen molar-refractivity contribution < 1.29 is 38.4 Å². The summed E-state index contributed by atoms with van der Waals surface area (Å²) in [6.07, 6.45) is 1.36. The number of non-ortho nitro benzene ring substituents is 1. The molecule has 3 aromatic rings. The van der Waals surface area contributed by atoms with E-state index in [4.69, 9.17) is 0 Å². The first-order chi connectivity index (χ1) is 9.49. The Labute approximate surface area is 134 Å². The van der Waals surface area contributed by atoms with Gasteiger partial charge in [0.2, 0.25) is 0 Å². The number of hydrogen-bond donors (Lipinski definition) is 0. The van der Waals surface area contributed by atoms with Gasteiger partial charge in [-0.05, 0) is 6.07 Å². The highest BCUT2D eigenvalue weighted by molar-refractivity contribution is 5.78. The van der Waals surface area contributed by atoms with E-state index < -0.39 is 9.85 Å². The fraction of sp³-hybridized carbons (Fsp3) is 0.0833. The summed E-state index contributed by atoms with van der Waals surface area (Å²) in [5, 5.41) is 21.7. The standard InChI is InChI=1S/C12H9N4O4.HI/c1-13-10-4-2-8(15(17)18)6-11(10)14-7-9(16(19)20)3-5-12(13)14;/h2-7H,1H3;1H/q+1;/p-1.